The van der Waals surface area contributed by atoms with E-state index in [1.807, 2.05) is 0 Å². The topological polar surface area (TPSA) is 124 Å². The number of alkyl halides is 1. The fourth-order valence-electron chi connectivity index (χ4n) is 2.83. The van der Waals surface area contributed by atoms with Crippen LogP contribution in [0.15, 0.2) is 41.6 Å². The lowest BCUT2D eigenvalue weighted by atomic mass is 10.1. The van der Waals surface area contributed by atoms with Crippen LogP contribution in [0.2, 0.25) is 0 Å². The number of nitrogens with one attached hydrogen (secondary N) is 3. The largest absolute Gasteiger partial charge is 0.348 e. The van der Waals surface area contributed by atoms with E-state index < -0.39 is 21.8 Å². The molecule has 9 nitrogen and oxygen atoms in total. The lowest BCUT2D eigenvalue weighted by Gasteiger charge is -2.30. The molecule has 1 saturated heterocycles. The first-order valence-electron chi connectivity index (χ1n) is 9.01. The van der Waals surface area contributed by atoms with Crippen molar-refractivity contribution in [3.63, 3.8) is 0 Å². The number of hydrogen-bond donors (Lipinski definition) is 3. The van der Waals surface area contributed by atoms with Gasteiger partial charge in [0, 0.05) is 19.1 Å². The van der Waals surface area contributed by atoms with E-state index in [4.69, 9.17) is 23.2 Å². The molecule has 0 atom stereocenters. The van der Waals surface area contributed by atoms with Crippen molar-refractivity contribution in [2.75, 3.05) is 30.5 Å². The van der Waals surface area contributed by atoms with Gasteiger partial charge in [-0.3, -0.25) is 14.7 Å². The molecule has 0 unspecified atom stereocenters. The van der Waals surface area contributed by atoms with Crippen LogP contribution in [-0.4, -0.2) is 66.0 Å². The second kappa shape index (κ2) is 10.8. The number of sulfonamides is 1. The molecule has 0 radical (unpaired) electrons. The van der Waals surface area contributed by atoms with E-state index in [2.05, 4.69) is 27.4 Å². The van der Waals surface area contributed by atoms with Crippen molar-refractivity contribution in [3.05, 3.63) is 47.3 Å². The minimum absolute atomic E-state index is 0.0700. The summed E-state index contributed by atoms with van der Waals surface area (Å²) in [4.78, 5) is 25.1. The summed E-state index contributed by atoms with van der Waals surface area (Å²) in [6, 6.07) is -0.195. The summed E-state index contributed by atoms with van der Waals surface area (Å²) in [6.45, 7) is 4.19. The summed E-state index contributed by atoms with van der Waals surface area (Å²) in [6.07, 6.45) is 7.99. The molecule has 1 aromatic rings. The summed E-state index contributed by atoms with van der Waals surface area (Å²) in [5.41, 5.74) is 0.364. The number of halogens is 2. The van der Waals surface area contributed by atoms with Gasteiger partial charge >= 0.3 is 0 Å². The molecule has 0 spiro atoms. The Morgan fingerprint density at radius 2 is 2.07 bits per heavy atom. The molecule has 30 heavy (non-hydrogen) atoms. The Bertz CT molecular complexity index is 963. The first-order valence-corrected chi connectivity index (χ1v) is 11.8. The zero-order chi connectivity index (χ0) is 22.3. The summed E-state index contributed by atoms with van der Waals surface area (Å²) < 4.78 is 24.6. The Balaban J connectivity index is 2.04. The first kappa shape index (κ1) is 24.1. The maximum atomic E-state index is 12.6. The van der Waals surface area contributed by atoms with Gasteiger partial charge in [-0.2, -0.15) is 5.10 Å². The Morgan fingerprint density at radius 1 is 1.40 bits per heavy atom. The molecule has 164 valence electrons. The van der Waals surface area contributed by atoms with Crippen molar-refractivity contribution in [1.82, 2.24) is 19.8 Å². The number of carbonyl (C=O) groups excluding carboxylic acids is 2. The van der Waals surface area contributed by atoms with Gasteiger partial charge in [0.15, 0.2) is 0 Å². The molecule has 2 heterocycles. The monoisotopic (exact) mass is 475 g/mol. The van der Waals surface area contributed by atoms with E-state index >= 15 is 0 Å². The molecule has 1 aliphatic rings. The number of amides is 2. The van der Waals surface area contributed by atoms with E-state index in [0.717, 1.165) is 6.26 Å². The van der Waals surface area contributed by atoms with Gasteiger partial charge in [0.25, 0.3) is 11.8 Å². The molecule has 2 amide bonds. The summed E-state index contributed by atoms with van der Waals surface area (Å²) in [5, 5.41) is 11.9. The molecule has 0 bridgehead atoms. The quantitative estimate of drug-likeness (QED) is 0.301. The van der Waals surface area contributed by atoms with Crippen molar-refractivity contribution >= 4 is 50.7 Å². The molecular formula is C18H23Cl2N5O4S. The number of nitrogens with zero attached hydrogens (tertiary/aromatic N) is 2. The van der Waals surface area contributed by atoms with Crippen molar-refractivity contribution in [3.8, 4) is 0 Å². The van der Waals surface area contributed by atoms with Crippen LogP contribution < -0.4 is 10.6 Å². The molecule has 1 fully saturated rings. The Labute approximate surface area is 185 Å². The second-order valence-electron chi connectivity index (χ2n) is 6.58. The number of hydrogen-bond acceptors (Lipinski definition) is 5. The van der Waals surface area contributed by atoms with E-state index in [9.17, 15) is 18.0 Å². The van der Waals surface area contributed by atoms with Gasteiger partial charge in [-0.1, -0.05) is 30.3 Å². The molecular weight excluding hydrogens is 453 g/mol. The number of H-pyrrole nitrogens is 1. The smallest absolute Gasteiger partial charge is 0.271 e. The van der Waals surface area contributed by atoms with Gasteiger partial charge in [-0.05, 0) is 18.9 Å². The number of piperidine rings is 1. The summed E-state index contributed by atoms with van der Waals surface area (Å²) in [5.74, 6) is -1.17. The average Bonchev–Trinajstić information content (AvgIpc) is 3.14. The van der Waals surface area contributed by atoms with Crippen molar-refractivity contribution in [1.29, 1.82) is 0 Å². The third-order valence-corrected chi connectivity index (χ3v) is 6.37. The van der Waals surface area contributed by atoms with Crippen LogP contribution in [-0.2, 0) is 14.8 Å². The highest BCUT2D eigenvalue weighted by molar-refractivity contribution is 7.88. The Hall–Kier alpha value is -2.14. The van der Waals surface area contributed by atoms with Crippen molar-refractivity contribution in [2.24, 2.45) is 0 Å². The highest BCUT2D eigenvalue weighted by Crippen LogP contribution is 2.19. The maximum Gasteiger partial charge on any atom is 0.271 e. The van der Waals surface area contributed by atoms with E-state index in [1.165, 1.54) is 22.7 Å². The molecule has 1 aromatic heterocycles. The SMILES string of the molecule is C=C/C=C\C(Cl)=C(/CCl)C(=O)Nc1cn[nH]c1C(=O)NC1CCN(S(C)(=O)=O)CC1. The molecule has 1 aliphatic heterocycles. The Morgan fingerprint density at radius 3 is 2.63 bits per heavy atom. The number of aromatic nitrogens is 2. The highest BCUT2D eigenvalue weighted by atomic mass is 35.5. The average molecular weight is 476 g/mol. The van der Waals surface area contributed by atoms with Crippen molar-refractivity contribution in [2.45, 2.75) is 18.9 Å². The van der Waals surface area contributed by atoms with Crippen molar-refractivity contribution < 1.29 is 18.0 Å². The van der Waals surface area contributed by atoms with Gasteiger partial charge in [-0.15, -0.1) is 11.6 Å². The number of aromatic amines is 1. The molecule has 2 rings (SSSR count). The van der Waals surface area contributed by atoms with Crippen LogP contribution in [0.3, 0.4) is 0 Å². The molecule has 12 heteroatoms. The highest BCUT2D eigenvalue weighted by Gasteiger charge is 2.27. The summed E-state index contributed by atoms with van der Waals surface area (Å²) >= 11 is 11.9. The lowest BCUT2D eigenvalue weighted by Crippen LogP contribution is -2.46. The van der Waals surface area contributed by atoms with Crippen LogP contribution >= 0.6 is 23.2 Å². The number of carbonyl (C=O) groups is 2. The van der Waals surface area contributed by atoms with Crippen LogP contribution in [0.4, 0.5) is 5.69 Å². The van der Waals surface area contributed by atoms with Gasteiger partial charge in [-0.25, -0.2) is 12.7 Å². The number of rotatable bonds is 8. The predicted octanol–water partition coefficient (Wildman–Crippen LogP) is 1.98. The first-order chi connectivity index (χ1) is 14.2. The zero-order valence-electron chi connectivity index (χ0n) is 16.3. The maximum absolute atomic E-state index is 12.6. The van der Waals surface area contributed by atoms with Gasteiger partial charge in [0.05, 0.1) is 34.6 Å². The second-order valence-corrected chi connectivity index (χ2v) is 9.23. The Kier molecular flexibility index (Phi) is 8.65. The van der Waals surface area contributed by atoms with Crippen LogP contribution in [0.5, 0.6) is 0 Å². The van der Waals surface area contributed by atoms with E-state index in [-0.39, 0.29) is 33.9 Å². The van der Waals surface area contributed by atoms with Crippen LogP contribution in [0, 0.1) is 0 Å². The van der Waals surface area contributed by atoms with Crippen LogP contribution in [0.1, 0.15) is 23.3 Å². The number of allylic oxidation sites excluding steroid dienone is 4. The predicted molar refractivity (Wildman–Crippen MR) is 117 cm³/mol. The fourth-order valence-corrected chi connectivity index (χ4v) is 4.26. The molecule has 0 saturated carbocycles. The number of anilines is 1. The molecule has 0 aromatic carbocycles. The van der Waals surface area contributed by atoms with E-state index in [1.54, 1.807) is 6.08 Å². The molecule has 3 N–H and O–H groups in total. The minimum Gasteiger partial charge on any atom is -0.348 e. The normalized spacial score (nSPS) is 16.9. The zero-order valence-corrected chi connectivity index (χ0v) is 18.6. The minimum atomic E-state index is -3.24. The van der Waals surface area contributed by atoms with Gasteiger partial charge < -0.3 is 10.6 Å². The molecule has 0 aliphatic carbocycles. The van der Waals surface area contributed by atoms with Gasteiger partial charge in [0.1, 0.15) is 5.69 Å². The van der Waals surface area contributed by atoms with Crippen LogP contribution in [0.25, 0.3) is 0 Å². The standard InChI is InChI=1S/C18H23Cl2N5O4S/c1-3-4-5-14(20)13(10-19)17(26)23-15-11-21-24-16(15)18(27)22-12-6-8-25(9-7-12)30(2,28)29/h3-5,11-12H,1,6-10H2,2H3,(H,21,24)(H,22,27)(H,23,26)/b5-4-,14-13-. The van der Waals surface area contributed by atoms with E-state index in [0.29, 0.717) is 25.9 Å². The third kappa shape index (κ3) is 6.43. The summed E-state index contributed by atoms with van der Waals surface area (Å²) in [7, 11) is -3.24. The van der Waals surface area contributed by atoms with Gasteiger partial charge in [0.2, 0.25) is 10.0 Å². The fraction of sp³-hybridized carbons (Fsp3) is 0.389. The third-order valence-electron chi connectivity index (χ3n) is 4.45. The lowest BCUT2D eigenvalue weighted by molar-refractivity contribution is -0.112.